The standard InChI is InChI=1S/C18H34O4/c1-3-5-6-7-15(19)10-8-14-9-12-17(20)16(14)11-13-18(21)22-4-2/h14-17,19-20H,3-13H2,1-2H3. The fourth-order valence-corrected chi connectivity index (χ4v) is 3.61. The SMILES string of the molecule is CCCCCC(O)CCC1CCC(O)C1CCC(=O)OCC. The Bertz CT molecular complexity index is 305. The van der Waals surface area contributed by atoms with Gasteiger partial charge in [-0.15, -0.1) is 0 Å². The summed E-state index contributed by atoms with van der Waals surface area (Å²) in [6.45, 7) is 4.39. The van der Waals surface area contributed by atoms with Crippen LogP contribution in [-0.2, 0) is 9.53 Å². The van der Waals surface area contributed by atoms with Crippen LogP contribution in [0, 0.1) is 11.8 Å². The monoisotopic (exact) mass is 314 g/mol. The van der Waals surface area contributed by atoms with Crippen LogP contribution in [0.2, 0.25) is 0 Å². The molecule has 1 aliphatic carbocycles. The lowest BCUT2D eigenvalue weighted by Crippen LogP contribution is -2.22. The zero-order chi connectivity index (χ0) is 16.4. The van der Waals surface area contributed by atoms with Crippen LogP contribution in [0.3, 0.4) is 0 Å². The summed E-state index contributed by atoms with van der Waals surface area (Å²) in [6.07, 6.45) is 8.54. The van der Waals surface area contributed by atoms with Crippen LogP contribution in [0.25, 0.3) is 0 Å². The van der Waals surface area contributed by atoms with E-state index in [0.29, 0.717) is 25.4 Å². The van der Waals surface area contributed by atoms with Gasteiger partial charge in [0.05, 0.1) is 18.8 Å². The molecule has 4 heteroatoms. The van der Waals surface area contributed by atoms with Crippen molar-refractivity contribution in [2.75, 3.05) is 6.61 Å². The van der Waals surface area contributed by atoms with E-state index in [-0.39, 0.29) is 24.1 Å². The Hall–Kier alpha value is -0.610. The molecule has 1 saturated carbocycles. The Labute approximate surface area is 135 Å². The van der Waals surface area contributed by atoms with Gasteiger partial charge in [-0.1, -0.05) is 26.2 Å². The molecule has 0 aliphatic heterocycles. The van der Waals surface area contributed by atoms with Crippen LogP contribution < -0.4 is 0 Å². The fourth-order valence-electron chi connectivity index (χ4n) is 3.61. The molecule has 0 heterocycles. The summed E-state index contributed by atoms with van der Waals surface area (Å²) >= 11 is 0. The van der Waals surface area contributed by atoms with Crippen molar-refractivity contribution in [3.05, 3.63) is 0 Å². The average Bonchev–Trinajstić information content (AvgIpc) is 2.84. The first-order chi connectivity index (χ1) is 10.6. The molecule has 130 valence electrons. The summed E-state index contributed by atoms with van der Waals surface area (Å²) in [5, 5.41) is 20.2. The molecule has 1 rings (SSSR count). The lowest BCUT2D eigenvalue weighted by Gasteiger charge is -2.23. The lowest BCUT2D eigenvalue weighted by atomic mass is 9.86. The van der Waals surface area contributed by atoms with E-state index in [1.54, 1.807) is 0 Å². The van der Waals surface area contributed by atoms with Crippen molar-refractivity contribution in [1.29, 1.82) is 0 Å². The maximum atomic E-state index is 11.5. The van der Waals surface area contributed by atoms with Gasteiger partial charge < -0.3 is 14.9 Å². The predicted octanol–water partition coefficient (Wildman–Crippen LogP) is 3.44. The molecule has 1 aliphatic rings. The average molecular weight is 314 g/mol. The van der Waals surface area contributed by atoms with Crippen molar-refractivity contribution in [2.24, 2.45) is 11.8 Å². The van der Waals surface area contributed by atoms with Gasteiger partial charge in [0, 0.05) is 6.42 Å². The van der Waals surface area contributed by atoms with Gasteiger partial charge in [-0.25, -0.2) is 0 Å². The number of carbonyl (C=O) groups is 1. The quantitative estimate of drug-likeness (QED) is 0.453. The van der Waals surface area contributed by atoms with E-state index < -0.39 is 0 Å². The highest BCUT2D eigenvalue weighted by atomic mass is 16.5. The number of hydrogen-bond donors (Lipinski definition) is 2. The number of esters is 1. The van der Waals surface area contributed by atoms with E-state index in [4.69, 9.17) is 4.74 Å². The second kappa shape index (κ2) is 11.0. The molecule has 0 radical (unpaired) electrons. The van der Waals surface area contributed by atoms with Crippen LogP contribution in [-0.4, -0.2) is 35.0 Å². The number of ether oxygens (including phenoxy) is 1. The molecule has 0 aromatic heterocycles. The number of aliphatic hydroxyl groups is 2. The third kappa shape index (κ3) is 7.10. The van der Waals surface area contributed by atoms with Gasteiger partial charge in [-0.2, -0.15) is 0 Å². The highest BCUT2D eigenvalue weighted by molar-refractivity contribution is 5.69. The van der Waals surface area contributed by atoms with Gasteiger partial charge in [0.25, 0.3) is 0 Å². The summed E-state index contributed by atoms with van der Waals surface area (Å²) in [5.41, 5.74) is 0. The third-order valence-corrected chi connectivity index (χ3v) is 4.93. The van der Waals surface area contributed by atoms with Crippen molar-refractivity contribution in [3.63, 3.8) is 0 Å². The first kappa shape index (κ1) is 19.4. The summed E-state index contributed by atoms with van der Waals surface area (Å²) in [5.74, 6) is 0.456. The highest BCUT2D eigenvalue weighted by Crippen LogP contribution is 2.38. The molecule has 0 aromatic carbocycles. The molecule has 0 spiro atoms. The molecule has 4 nitrogen and oxygen atoms in total. The number of carbonyl (C=O) groups excluding carboxylic acids is 1. The molecule has 0 amide bonds. The van der Waals surface area contributed by atoms with E-state index in [2.05, 4.69) is 6.92 Å². The number of hydrogen-bond acceptors (Lipinski definition) is 4. The molecule has 4 atom stereocenters. The number of aliphatic hydroxyl groups excluding tert-OH is 2. The molecular formula is C18H34O4. The highest BCUT2D eigenvalue weighted by Gasteiger charge is 2.34. The van der Waals surface area contributed by atoms with E-state index in [0.717, 1.165) is 38.5 Å². The van der Waals surface area contributed by atoms with Gasteiger partial charge in [-0.05, 0) is 57.3 Å². The van der Waals surface area contributed by atoms with Crippen molar-refractivity contribution < 1.29 is 19.7 Å². The van der Waals surface area contributed by atoms with Gasteiger partial charge in [0.1, 0.15) is 0 Å². The Kier molecular flexibility index (Phi) is 9.73. The second-order valence-electron chi connectivity index (χ2n) is 6.64. The minimum atomic E-state index is -0.295. The number of rotatable bonds is 11. The van der Waals surface area contributed by atoms with Crippen LogP contribution in [0.1, 0.15) is 78.1 Å². The van der Waals surface area contributed by atoms with E-state index in [9.17, 15) is 15.0 Å². The maximum absolute atomic E-state index is 11.5. The van der Waals surface area contributed by atoms with E-state index >= 15 is 0 Å². The maximum Gasteiger partial charge on any atom is 0.305 e. The lowest BCUT2D eigenvalue weighted by molar-refractivity contribution is -0.143. The Morgan fingerprint density at radius 2 is 1.95 bits per heavy atom. The van der Waals surface area contributed by atoms with Crippen molar-refractivity contribution in [1.82, 2.24) is 0 Å². The van der Waals surface area contributed by atoms with Crippen LogP contribution in [0.4, 0.5) is 0 Å². The minimum Gasteiger partial charge on any atom is -0.466 e. The zero-order valence-electron chi connectivity index (χ0n) is 14.3. The van der Waals surface area contributed by atoms with E-state index in [1.165, 1.54) is 12.8 Å². The van der Waals surface area contributed by atoms with Crippen molar-refractivity contribution in [3.8, 4) is 0 Å². The van der Waals surface area contributed by atoms with Crippen LogP contribution in [0.5, 0.6) is 0 Å². The first-order valence-electron chi connectivity index (χ1n) is 9.10. The van der Waals surface area contributed by atoms with Gasteiger partial charge in [-0.3, -0.25) is 4.79 Å². The third-order valence-electron chi connectivity index (χ3n) is 4.93. The van der Waals surface area contributed by atoms with Gasteiger partial charge >= 0.3 is 5.97 Å². The second-order valence-corrected chi connectivity index (χ2v) is 6.64. The first-order valence-corrected chi connectivity index (χ1v) is 9.10. The summed E-state index contributed by atoms with van der Waals surface area (Å²) in [4.78, 5) is 11.5. The molecule has 1 fully saturated rings. The molecular weight excluding hydrogens is 280 g/mol. The van der Waals surface area contributed by atoms with Crippen molar-refractivity contribution in [2.45, 2.75) is 90.3 Å². The van der Waals surface area contributed by atoms with E-state index in [1.807, 2.05) is 6.92 Å². The van der Waals surface area contributed by atoms with Crippen LogP contribution in [0.15, 0.2) is 0 Å². The molecule has 0 aromatic rings. The van der Waals surface area contributed by atoms with Gasteiger partial charge in [0.15, 0.2) is 0 Å². The van der Waals surface area contributed by atoms with Crippen LogP contribution >= 0.6 is 0 Å². The Balaban J connectivity index is 2.29. The molecule has 2 N–H and O–H groups in total. The topological polar surface area (TPSA) is 66.8 Å². The fraction of sp³-hybridized carbons (Fsp3) is 0.944. The Morgan fingerprint density at radius 3 is 2.64 bits per heavy atom. The molecule has 0 saturated heterocycles. The molecule has 22 heavy (non-hydrogen) atoms. The summed E-state index contributed by atoms with van der Waals surface area (Å²) in [7, 11) is 0. The molecule has 0 bridgehead atoms. The summed E-state index contributed by atoms with van der Waals surface area (Å²) < 4.78 is 4.96. The zero-order valence-corrected chi connectivity index (χ0v) is 14.3. The molecule has 4 unspecified atom stereocenters. The largest absolute Gasteiger partial charge is 0.466 e. The smallest absolute Gasteiger partial charge is 0.305 e. The predicted molar refractivity (Wildman–Crippen MR) is 87.5 cm³/mol. The minimum absolute atomic E-state index is 0.167. The number of unbranched alkanes of at least 4 members (excludes halogenated alkanes) is 2. The summed E-state index contributed by atoms with van der Waals surface area (Å²) in [6, 6.07) is 0. The van der Waals surface area contributed by atoms with Gasteiger partial charge in [0.2, 0.25) is 0 Å². The Morgan fingerprint density at radius 1 is 1.18 bits per heavy atom. The van der Waals surface area contributed by atoms with Crippen molar-refractivity contribution >= 4 is 5.97 Å². The normalized spacial score (nSPS) is 26.1.